The van der Waals surface area contributed by atoms with Crippen LogP contribution in [0.1, 0.15) is 26.4 Å². The smallest absolute Gasteiger partial charge is 0.416 e. The molecule has 0 spiro atoms. The van der Waals surface area contributed by atoms with Crippen molar-refractivity contribution in [1.29, 1.82) is 0 Å². The quantitative estimate of drug-likeness (QED) is 0.592. The first-order chi connectivity index (χ1) is 14.6. The normalized spacial score (nSPS) is 11.1. The molecule has 0 aliphatic heterocycles. The number of halogens is 3. The first-order valence-corrected chi connectivity index (χ1v) is 8.58. The van der Waals surface area contributed by atoms with E-state index in [1.54, 1.807) is 0 Å². The summed E-state index contributed by atoms with van der Waals surface area (Å²) in [4.78, 5) is 28.0. The SMILES string of the molecule is COc1cc(NC(=O)c2coc(-c3ccc(C(F)(F)F)cc3)n2)c(C(=O)O)cc1OC. The van der Waals surface area contributed by atoms with E-state index < -0.39 is 23.6 Å². The molecule has 1 aromatic heterocycles. The Labute approximate surface area is 173 Å². The predicted molar refractivity (Wildman–Crippen MR) is 101 cm³/mol. The van der Waals surface area contributed by atoms with Crippen LogP contribution in [-0.2, 0) is 6.18 Å². The zero-order valence-corrected chi connectivity index (χ0v) is 16.1. The molecule has 1 heterocycles. The molecule has 0 atom stereocenters. The Morgan fingerprint density at radius 2 is 1.68 bits per heavy atom. The van der Waals surface area contributed by atoms with Crippen LogP contribution in [0.15, 0.2) is 47.1 Å². The number of aromatic nitrogens is 1. The first kappa shape index (κ1) is 21.7. The number of oxazole rings is 1. The number of carbonyl (C=O) groups excluding carboxylic acids is 1. The van der Waals surface area contributed by atoms with Crippen molar-refractivity contribution >= 4 is 17.6 Å². The van der Waals surface area contributed by atoms with Crippen molar-refractivity contribution in [3.05, 3.63) is 59.5 Å². The molecule has 162 valence electrons. The highest BCUT2D eigenvalue weighted by Gasteiger charge is 2.30. The van der Waals surface area contributed by atoms with E-state index in [9.17, 15) is 27.9 Å². The van der Waals surface area contributed by atoms with Crippen LogP contribution in [0.3, 0.4) is 0 Å². The Morgan fingerprint density at radius 1 is 1.06 bits per heavy atom. The predicted octanol–water partition coefficient (Wildman–Crippen LogP) is 4.33. The molecule has 11 heteroatoms. The summed E-state index contributed by atoms with van der Waals surface area (Å²) in [5, 5.41) is 11.8. The number of anilines is 1. The highest BCUT2D eigenvalue weighted by atomic mass is 19.4. The number of carboxylic acid groups (broad SMARTS) is 1. The number of alkyl halides is 3. The lowest BCUT2D eigenvalue weighted by atomic mass is 10.1. The summed E-state index contributed by atoms with van der Waals surface area (Å²) in [6.07, 6.45) is -3.48. The fourth-order valence-corrected chi connectivity index (χ4v) is 2.66. The Morgan fingerprint density at radius 3 is 2.23 bits per heavy atom. The lowest BCUT2D eigenvalue weighted by molar-refractivity contribution is -0.137. The number of hydrogen-bond acceptors (Lipinski definition) is 6. The molecule has 0 aliphatic carbocycles. The molecule has 0 unspecified atom stereocenters. The largest absolute Gasteiger partial charge is 0.493 e. The van der Waals surface area contributed by atoms with E-state index in [0.29, 0.717) is 0 Å². The molecular formula is C20H15F3N2O6. The van der Waals surface area contributed by atoms with Crippen molar-refractivity contribution in [2.75, 3.05) is 19.5 Å². The van der Waals surface area contributed by atoms with Crippen molar-refractivity contribution in [2.24, 2.45) is 0 Å². The lowest BCUT2D eigenvalue weighted by Crippen LogP contribution is -2.15. The van der Waals surface area contributed by atoms with Crippen molar-refractivity contribution in [2.45, 2.75) is 6.18 Å². The van der Waals surface area contributed by atoms with Crippen LogP contribution >= 0.6 is 0 Å². The van der Waals surface area contributed by atoms with Gasteiger partial charge in [0.1, 0.15) is 6.26 Å². The molecule has 0 bridgehead atoms. The average molecular weight is 436 g/mol. The van der Waals surface area contributed by atoms with Gasteiger partial charge in [-0.25, -0.2) is 9.78 Å². The van der Waals surface area contributed by atoms with Gasteiger partial charge in [-0.05, 0) is 24.3 Å². The molecule has 3 aromatic rings. The minimum absolute atomic E-state index is 0.0748. The number of rotatable bonds is 6. The number of nitrogens with one attached hydrogen (secondary N) is 1. The molecule has 8 nitrogen and oxygen atoms in total. The van der Waals surface area contributed by atoms with E-state index in [-0.39, 0.29) is 39.9 Å². The molecule has 0 fully saturated rings. The summed E-state index contributed by atoms with van der Waals surface area (Å²) in [7, 11) is 2.68. The molecule has 3 rings (SSSR count). The Balaban J connectivity index is 1.86. The van der Waals surface area contributed by atoms with Gasteiger partial charge in [0.25, 0.3) is 5.91 Å². The number of hydrogen-bond donors (Lipinski definition) is 2. The highest BCUT2D eigenvalue weighted by Crippen LogP contribution is 2.34. The second-order valence-electron chi connectivity index (χ2n) is 6.13. The Bertz CT molecular complexity index is 1120. The van der Waals surface area contributed by atoms with Crippen molar-refractivity contribution in [3.8, 4) is 23.0 Å². The van der Waals surface area contributed by atoms with Gasteiger partial charge in [-0.3, -0.25) is 4.79 Å². The molecule has 31 heavy (non-hydrogen) atoms. The van der Waals surface area contributed by atoms with Gasteiger partial charge in [-0.15, -0.1) is 0 Å². The molecule has 1 amide bonds. The zero-order valence-electron chi connectivity index (χ0n) is 16.1. The van der Waals surface area contributed by atoms with Crippen molar-refractivity contribution < 1.29 is 41.8 Å². The van der Waals surface area contributed by atoms with Crippen LogP contribution in [-0.4, -0.2) is 36.2 Å². The number of amides is 1. The number of carboxylic acids is 1. The third-order valence-corrected chi connectivity index (χ3v) is 4.20. The average Bonchev–Trinajstić information content (AvgIpc) is 3.23. The number of carbonyl (C=O) groups is 2. The highest BCUT2D eigenvalue weighted by molar-refractivity contribution is 6.07. The van der Waals surface area contributed by atoms with E-state index >= 15 is 0 Å². The molecule has 0 radical (unpaired) electrons. The molecule has 2 N–H and O–H groups in total. The minimum atomic E-state index is -4.48. The Kier molecular flexibility index (Phi) is 5.86. The molecule has 2 aromatic carbocycles. The second kappa shape index (κ2) is 8.38. The first-order valence-electron chi connectivity index (χ1n) is 8.58. The molecule has 0 saturated carbocycles. The second-order valence-corrected chi connectivity index (χ2v) is 6.13. The molecule has 0 aliphatic rings. The van der Waals surface area contributed by atoms with Gasteiger partial charge in [0.2, 0.25) is 5.89 Å². The van der Waals surface area contributed by atoms with Gasteiger partial charge in [0.05, 0.1) is 31.0 Å². The van der Waals surface area contributed by atoms with E-state index in [0.717, 1.165) is 30.5 Å². The summed E-state index contributed by atoms with van der Waals surface area (Å²) in [5.74, 6) is -1.85. The fraction of sp³-hybridized carbons (Fsp3) is 0.150. The van der Waals surface area contributed by atoms with E-state index in [4.69, 9.17) is 13.9 Å². The zero-order chi connectivity index (χ0) is 22.8. The summed E-state index contributed by atoms with van der Waals surface area (Å²) >= 11 is 0. The number of nitrogens with zero attached hydrogens (tertiary/aromatic N) is 1. The number of ether oxygens (including phenoxy) is 2. The lowest BCUT2D eigenvalue weighted by Gasteiger charge is -2.13. The van der Waals surface area contributed by atoms with Crippen LogP contribution in [0, 0.1) is 0 Å². The topological polar surface area (TPSA) is 111 Å². The molecular weight excluding hydrogens is 421 g/mol. The maximum atomic E-state index is 12.7. The van der Waals surface area contributed by atoms with Crippen molar-refractivity contribution in [3.63, 3.8) is 0 Å². The number of methoxy groups -OCH3 is 2. The van der Waals surface area contributed by atoms with Crippen LogP contribution in [0.2, 0.25) is 0 Å². The van der Waals surface area contributed by atoms with Crippen LogP contribution < -0.4 is 14.8 Å². The minimum Gasteiger partial charge on any atom is -0.493 e. The number of benzene rings is 2. The van der Waals surface area contributed by atoms with Crippen LogP contribution in [0.4, 0.5) is 18.9 Å². The Hall–Kier alpha value is -4.02. The van der Waals surface area contributed by atoms with Gasteiger partial charge in [-0.2, -0.15) is 13.2 Å². The number of aromatic carboxylic acids is 1. The maximum Gasteiger partial charge on any atom is 0.416 e. The summed E-state index contributed by atoms with van der Waals surface area (Å²) in [6.45, 7) is 0. The standard InChI is InChI=1S/C20H15F3N2O6/c1-29-15-7-12(19(27)28)13(8-16(15)30-2)24-17(26)14-9-31-18(25-14)10-3-5-11(6-4-10)20(21,22)23/h3-9H,1-2H3,(H,24,26)(H,27,28). The van der Waals surface area contributed by atoms with Gasteiger partial charge in [-0.1, -0.05) is 0 Å². The molecule has 0 saturated heterocycles. The van der Waals surface area contributed by atoms with E-state index in [1.807, 2.05) is 0 Å². The fourth-order valence-electron chi connectivity index (χ4n) is 2.66. The van der Waals surface area contributed by atoms with Gasteiger partial charge in [0.15, 0.2) is 17.2 Å². The third-order valence-electron chi connectivity index (χ3n) is 4.20. The van der Waals surface area contributed by atoms with E-state index in [1.165, 1.54) is 26.4 Å². The van der Waals surface area contributed by atoms with Crippen molar-refractivity contribution in [1.82, 2.24) is 4.98 Å². The monoisotopic (exact) mass is 436 g/mol. The van der Waals surface area contributed by atoms with Gasteiger partial charge in [0, 0.05) is 17.7 Å². The summed E-state index contributed by atoms with van der Waals surface area (Å²) in [6, 6.07) is 6.51. The van der Waals surface area contributed by atoms with Gasteiger partial charge >= 0.3 is 12.1 Å². The van der Waals surface area contributed by atoms with E-state index in [2.05, 4.69) is 10.3 Å². The third kappa shape index (κ3) is 4.60. The summed E-state index contributed by atoms with van der Waals surface area (Å²) in [5.41, 5.74) is -1.15. The van der Waals surface area contributed by atoms with Crippen LogP contribution in [0.5, 0.6) is 11.5 Å². The maximum absolute atomic E-state index is 12.7. The summed E-state index contributed by atoms with van der Waals surface area (Å²) < 4.78 is 53.4. The van der Waals surface area contributed by atoms with Crippen LogP contribution in [0.25, 0.3) is 11.5 Å². The van der Waals surface area contributed by atoms with Gasteiger partial charge < -0.3 is 24.3 Å².